The van der Waals surface area contributed by atoms with Crippen molar-refractivity contribution in [3.8, 4) is 5.75 Å². The van der Waals surface area contributed by atoms with E-state index in [0.717, 1.165) is 0 Å². The van der Waals surface area contributed by atoms with Crippen molar-refractivity contribution in [2.75, 3.05) is 13.2 Å². The van der Waals surface area contributed by atoms with E-state index in [4.69, 9.17) is 21.0 Å². The van der Waals surface area contributed by atoms with Crippen LogP contribution in [-0.2, 0) is 0 Å². The minimum atomic E-state index is -1.14. The number of nitrogens with one attached hydrogen (secondary N) is 2. The predicted molar refractivity (Wildman–Crippen MR) is 93.3 cm³/mol. The molecule has 7 heteroatoms. The Morgan fingerprint density at radius 2 is 1.84 bits per heavy atom. The van der Waals surface area contributed by atoms with Crippen molar-refractivity contribution in [1.82, 2.24) is 5.32 Å². The molecule has 0 aliphatic rings. The van der Waals surface area contributed by atoms with Gasteiger partial charge in [0.05, 0.1) is 17.7 Å². The van der Waals surface area contributed by atoms with Gasteiger partial charge < -0.3 is 20.9 Å². The third-order valence-corrected chi connectivity index (χ3v) is 3.42. The normalized spacial score (nSPS) is 10.1. The zero-order valence-electron chi connectivity index (χ0n) is 13.5. The summed E-state index contributed by atoms with van der Waals surface area (Å²) in [7, 11) is 0. The number of carboxylic acid groups (broad SMARTS) is 1. The van der Waals surface area contributed by atoms with Gasteiger partial charge in [-0.25, -0.2) is 4.79 Å². The molecule has 2 rings (SSSR count). The number of rotatable bonds is 8. The summed E-state index contributed by atoms with van der Waals surface area (Å²) in [6, 6.07) is 12.9. The van der Waals surface area contributed by atoms with Crippen LogP contribution >= 0.6 is 0 Å². The second kappa shape index (κ2) is 8.49. The van der Waals surface area contributed by atoms with Gasteiger partial charge in [0.15, 0.2) is 0 Å². The molecule has 0 bridgehead atoms. The maximum absolute atomic E-state index is 12.1. The fourth-order valence-corrected chi connectivity index (χ4v) is 2.18. The number of aromatic carboxylic acids is 1. The monoisotopic (exact) mass is 341 g/mol. The number of nitrogen functional groups attached to an aromatic ring is 1. The summed E-state index contributed by atoms with van der Waals surface area (Å²) in [6.07, 6.45) is 0.547. The summed E-state index contributed by atoms with van der Waals surface area (Å²) < 4.78 is 5.55. The Labute approximate surface area is 144 Å². The van der Waals surface area contributed by atoms with Gasteiger partial charge in [0.25, 0.3) is 5.91 Å². The number of carboxylic acids is 1. The smallest absolute Gasteiger partial charge is 0.336 e. The van der Waals surface area contributed by atoms with Gasteiger partial charge in [0.2, 0.25) is 0 Å². The summed E-state index contributed by atoms with van der Waals surface area (Å²) in [4.78, 5) is 23.2. The summed E-state index contributed by atoms with van der Waals surface area (Å²) in [5.41, 5.74) is 6.10. The zero-order valence-corrected chi connectivity index (χ0v) is 13.5. The van der Waals surface area contributed by atoms with Crippen molar-refractivity contribution in [1.29, 1.82) is 5.41 Å². The predicted octanol–water partition coefficient (Wildman–Crippen LogP) is 1.87. The minimum Gasteiger partial charge on any atom is -0.494 e. The van der Waals surface area contributed by atoms with Gasteiger partial charge in [-0.15, -0.1) is 0 Å². The van der Waals surface area contributed by atoms with Crippen molar-refractivity contribution in [2.45, 2.75) is 6.42 Å². The third-order valence-electron chi connectivity index (χ3n) is 3.42. The zero-order chi connectivity index (χ0) is 18.2. The molecule has 0 heterocycles. The first-order valence-electron chi connectivity index (χ1n) is 7.67. The van der Waals surface area contributed by atoms with E-state index < -0.39 is 11.9 Å². The standard InChI is InChI=1S/C18H19N3O4/c19-16(20)12-5-3-6-13(11-12)25-10-4-9-21-17(22)14-7-1-2-8-15(14)18(23)24/h1-3,5-8,11H,4,9-10H2,(H3,19,20)(H,21,22)(H,23,24). The maximum Gasteiger partial charge on any atom is 0.336 e. The molecule has 2 aromatic rings. The molecule has 0 aliphatic carbocycles. The highest BCUT2D eigenvalue weighted by Gasteiger charge is 2.14. The summed E-state index contributed by atoms with van der Waals surface area (Å²) in [5.74, 6) is -1.01. The van der Waals surface area contributed by atoms with E-state index in [9.17, 15) is 9.59 Å². The van der Waals surface area contributed by atoms with Crippen molar-refractivity contribution in [2.24, 2.45) is 5.73 Å². The molecule has 0 saturated carbocycles. The fourth-order valence-electron chi connectivity index (χ4n) is 2.18. The number of hydrogen-bond donors (Lipinski definition) is 4. The highest BCUT2D eigenvalue weighted by atomic mass is 16.5. The topological polar surface area (TPSA) is 126 Å². The Bertz CT molecular complexity index is 789. The van der Waals surface area contributed by atoms with Crippen LogP contribution < -0.4 is 15.8 Å². The highest BCUT2D eigenvalue weighted by Crippen LogP contribution is 2.13. The van der Waals surface area contributed by atoms with Crippen LogP contribution in [-0.4, -0.2) is 36.0 Å². The Balaban J connectivity index is 1.80. The van der Waals surface area contributed by atoms with E-state index in [2.05, 4.69) is 5.32 Å². The van der Waals surface area contributed by atoms with Crippen LogP contribution in [0.2, 0.25) is 0 Å². The molecule has 0 aromatic heterocycles. The van der Waals surface area contributed by atoms with Gasteiger partial charge in [0.1, 0.15) is 11.6 Å². The fraction of sp³-hybridized carbons (Fsp3) is 0.167. The van der Waals surface area contributed by atoms with Gasteiger partial charge in [-0.3, -0.25) is 10.2 Å². The van der Waals surface area contributed by atoms with E-state index in [0.29, 0.717) is 30.9 Å². The van der Waals surface area contributed by atoms with Crippen LogP contribution in [0, 0.1) is 5.41 Å². The second-order valence-electron chi connectivity index (χ2n) is 5.25. The second-order valence-corrected chi connectivity index (χ2v) is 5.25. The first-order chi connectivity index (χ1) is 12.0. The van der Waals surface area contributed by atoms with Crippen molar-refractivity contribution >= 4 is 17.7 Å². The maximum atomic E-state index is 12.1. The number of hydrogen-bond acceptors (Lipinski definition) is 4. The highest BCUT2D eigenvalue weighted by molar-refractivity contribution is 6.04. The quantitative estimate of drug-likeness (QED) is 0.331. The minimum absolute atomic E-state index is 0.0303. The molecule has 2 aromatic carbocycles. The molecule has 0 atom stereocenters. The van der Waals surface area contributed by atoms with Crippen LogP contribution in [0.4, 0.5) is 0 Å². The molecule has 7 nitrogen and oxygen atoms in total. The largest absolute Gasteiger partial charge is 0.494 e. The molecular weight excluding hydrogens is 322 g/mol. The summed E-state index contributed by atoms with van der Waals surface area (Å²) >= 11 is 0. The van der Waals surface area contributed by atoms with Gasteiger partial charge in [0, 0.05) is 12.1 Å². The molecule has 1 amide bonds. The Morgan fingerprint density at radius 1 is 1.12 bits per heavy atom. The van der Waals surface area contributed by atoms with Crippen LogP contribution in [0.5, 0.6) is 5.75 Å². The van der Waals surface area contributed by atoms with Crippen molar-refractivity contribution < 1.29 is 19.4 Å². The van der Waals surface area contributed by atoms with Crippen molar-refractivity contribution in [3.63, 3.8) is 0 Å². The lowest BCUT2D eigenvalue weighted by molar-refractivity contribution is 0.0691. The molecular formula is C18H19N3O4. The van der Waals surface area contributed by atoms with E-state index in [1.807, 2.05) is 0 Å². The Kier molecular flexibility index (Phi) is 6.11. The molecule has 25 heavy (non-hydrogen) atoms. The van der Waals surface area contributed by atoms with E-state index >= 15 is 0 Å². The van der Waals surface area contributed by atoms with Gasteiger partial charge in [-0.2, -0.15) is 0 Å². The van der Waals surface area contributed by atoms with Crippen LogP contribution in [0.25, 0.3) is 0 Å². The van der Waals surface area contributed by atoms with Gasteiger partial charge in [-0.05, 0) is 30.7 Å². The molecule has 0 aliphatic heterocycles. The number of carbonyl (C=O) groups excluding carboxylic acids is 1. The molecule has 130 valence electrons. The first kappa shape index (κ1) is 18.0. The molecule has 5 N–H and O–H groups in total. The SMILES string of the molecule is N=C(N)c1cccc(OCCCNC(=O)c2ccccc2C(=O)O)c1. The lowest BCUT2D eigenvalue weighted by Gasteiger charge is -2.09. The van der Waals surface area contributed by atoms with Crippen molar-refractivity contribution in [3.05, 3.63) is 65.2 Å². The van der Waals surface area contributed by atoms with Gasteiger partial charge in [-0.1, -0.05) is 24.3 Å². The number of ether oxygens (including phenoxy) is 1. The molecule has 0 fully saturated rings. The number of nitrogens with two attached hydrogens (primary N) is 1. The number of carbonyl (C=O) groups is 2. The van der Waals surface area contributed by atoms with Crippen LogP contribution in [0.1, 0.15) is 32.7 Å². The molecule has 0 saturated heterocycles. The molecule has 0 spiro atoms. The average molecular weight is 341 g/mol. The summed E-state index contributed by atoms with van der Waals surface area (Å²) in [6.45, 7) is 0.710. The van der Waals surface area contributed by atoms with Crippen LogP contribution in [0.3, 0.4) is 0 Å². The Morgan fingerprint density at radius 3 is 2.52 bits per heavy atom. The number of benzene rings is 2. The lowest BCUT2D eigenvalue weighted by Crippen LogP contribution is -2.27. The van der Waals surface area contributed by atoms with Gasteiger partial charge >= 0.3 is 5.97 Å². The first-order valence-corrected chi connectivity index (χ1v) is 7.67. The average Bonchev–Trinajstić information content (AvgIpc) is 2.61. The molecule has 0 radical (unpaired) electrons. The Hall–Kier alpha value is -3.35. The number of amides is 1. The van der Waals surface area contributed by atoms with E-state index in [-0.39, 0.29) is 17.0 Å². The number of amidine groups is 1. The van der Waals surface area contributed by atoms with E-state index in [1.54, 1.807) is 36.4 Å². The van der Waals surface area contributed by atoms with E-state index in [1.165, 1.54) is 12.1 Å². The lowest BCUT2D eigenvalue weighted by atomic mass is 10.1. The van der Waals surface area contributed by atoms with Crippen LogP contribution in [0.15, 0.2) is 48.5 Å². The third kappa shape index (κ3) is 5.07. The summed E-state index contributed by atoms with van der Waals surface area (Å²) in [5, 5.41) is 19.1. The molecule has 0 unspecified atom stereocenters.